The Morgan fingerprint density at radius 1 is 1.07 bits per heavy atom. The van der Waals surface area contributed by atoms with Crippen molar-refractivity contribution in [3.8, 4) is 0 Å². The van der Waals surface area contributed by atoms with Crippen molar-refractivity contribution < 1.29 is 19.1 Å². The Balaban J connectivity index is 1.28. The third-order valence-corrected chi connectivity index (χ3v) is 6.19. The van der Waals surface area contributed by atoms with Crippen molar-refractivity contribution in [3.05, 3.63) is 83.9 Å². The van der Waals surface area contributed by atoms with E-state index in [0.717, 1.165) is 12.0 Å². The zero-order chi connectivity index (χ0) is 19.8. The molecule has 3 heterocycles. The van der Waals surface area contributed by atoms with Gasteiger partial charge in [0.1, 0.15) is 18.1 Å². The summed E-state index contributed by atoms with van der Waals surface area (Å²) in [7, 11) is 0. The number of fused-ring (bicyclic) bond motifs is 1. The van der Waals surface area contributed by atoms with Gasteiger partial charge in [-0.25, -0.2) is 0 Å². The monoisotopic (exact) mass is 389 g/mol. The molecule has 3 aliphatic rings. The molecule has 0 unspecified atom stereocenters. The molecule has 0 saturated carbocycles. The molecule has 3 aliphatic heterocycles. The summed E-state index contributed by atoms with van der Waals surface area (Å²) in [5, 5.41) is 0. The van der Waals surface area contributed by atoms with Crippen molar-refractivity contribution in [2.45, 2.75) is 24.7 Å². The van der Waals surface area contributed by atoms with Crippen LogP contribution in [0.3, 0.4) is 0 Å². The first-order valence-electron chi connectivity index (χ1n) is 10.1. The molecule has 4 atom stereocenters. The number of likely N-dealkylation sites (tertiary alicyclic amines) is 1. The van der Waals surface area contributed by atoms with Gasteiger partial charge in [0.05, 0.1) is 18.6 Å². The highest BCUT2D eigenvalue weighted by molar-refractivity contribution is 5.91. The summed E-state index contributed by atoms with van der Waals surface area (Å²) in [6, 6.07) is 19.7. The highest BCUT2D eigenvalue weighted by Gasteiger charge is 2.67. The summed E-state index contributed by atoms with van der Waals surface area (Å²) in [6.07, 6.45) is 4.30. The van der Waals surface area contributed by atoms with Crippen LogP contribution in [0.25, 0.3) is 0 Å². The normalized spacial score (nSPS) is 29.3. The van der Waals surface area contributed by atoms with Gasteiger partial charge < -0.3 is 14.4 Å². The third kappa shape index (κ3) is 3.15. The molecule has 5 nitrogen and oxygen atoms in total. The molecule has 2 bridgehead atoms. The Kier molecular flexibility index (Phi) is 4.47. The van der Waals surface area contributed by atoms with Crippen LogP contribution in [0, 0.1) is 11.8 Å². The van der Waals surface area contributed by atoms with Gasteiger partial charge in [-0.2, -0.15) is 0 Å². The summed E-state index contributed by atoms with van der Waals surface area (Å²) in [5.74, 6) is -1.42. The van der Waals surface area contributed by atoms with Gasteiger partial charge in [-0.3, -0.25) is 9.59 Å². The summed E-state index contributed by atoms with van der Waals surface area (Å²) < 4.78 is 11.7. The Labute approximate surface area is 169 Å². The summed E-state index contributed by atoms with van der Waals surface area (Å²) in [4.78, 5) is 27.9. The SMILES string of the molecule is O=C(OCc1ccccc1)[C@@H]1[C@H]2C(=O)N(CCc3ccccc3)C[C@]23C=C[C@H]1O3. The molecule has 0 aromatic heterocycles. The zero-order valence-corrected chi connectivity index (χ0v) is 16.1. The second-order valence-electron chi connectivity index (χ2n) is 7.99. The molecule has 1 spiro atoms. The van der Waals surface area contributed by atoms with Crippen LogP contribution in [0.1, 0.15) is 11.1 Å². The van der Waals surface area contributed by atoms with Crippen LogP contribution in [-0.4, -0.2) is 41.6 Å². The van der Waals surface area contributed by atoms with E-state index in [4.69, 9.17) is 9.47 Å². The van der Waals surface area contributed by atoms with E-state index >= 15 is 0 Å². The maximum Gasteiger partial charge on any atom is 0.313 e. The fourth-order valence-electron chi connectivity index (χ4n) is 4.77. The molecular formula is C24H23NO4. The van der Waals surface area contributed by atoms with E-state index in [1.54, 1.807) is 0 Å². The highest BCUT2D eigenvalue weighted by Crippen LogP contribution is 2.52. The van der Waals surface area contributed by atoms with Gasteiger partial charge in [-0.1, -0.05) is 72.8 Å². The molecule has 5 rings (SSSR count). The largest absolute Gasteiger partial charge is 0.460 e. The van der Waals surface area contributed by atoms with Crippen molar-refractivity contribution in [1.29, 1.82) is 0 Å². The lowest BCUT2D eigenvalue weighted by molar-refractivity contribution is -0.155. The maximum atomic E-state index is 13.2. The lowest BCUT2D eigenvalue weighted by Crippen LogP contribution is -2.40. The number of benzene rings is 2. The predicted molar refractivity (Wildman–Crippen MR) is 107 cm³/mol. The topological polar surface area (TPSA) is 55.8 Å². The number of hydrogen-bond donors (Lipinski definition) is 0. The van der Waals surface area contributed by atoms with E-state index in [9.17, 15) is 9.59 Å². The van der Waals surface area contributed by atoms with Crippen LogP contribution in [0.4, 0.5) is 0 Å². The smallest absolute Gasteiger partial charge is 0.313 e. The summed E-state index contributed by atoms with van der Waals surface area (Å²) in [5.41, 5.74) is 1.43. The first-order valence-corrected chi connectivity index (χ1v) is 10.1. The number of nitrogens with zero attached hydrogens (tertiary/aromatic N) is 1. The quantitative estimate of drug-likeness (QED) is 0.563. The average molecular weight is 389 g/mol. The van der Waals surface area contributed by atoms with E-state index in [1.165, 1.54) is 5.56 Å². The first-order chi connectivity index (χ1) is 14.2. The number of rotatable bonds is 6. The van der Waals surface area contributed by atoms with E-state index < -0.39 is 17.4 Å². The van der Waals surface area contributed by atoms with Gasteiger partial charge in [-0.15, -0.1) is 0 Å². The number of ether oxygens (including phenoxy) is 2. The molecule has 29 heavy (non-hydrogen) atoms. The van der Waals surface area contributed by atoms with Crippen molar-refractivity contribution >= 4 is 11.9 Å². The lowest BCUT2D eigenvalue weighted by Gasteiger charge is -2.22. The Hall–Kier alpha value is -2.92. The van der Waals surface area contributed by atoms with Crippen LogP contribution in [-0.2, 0) is 32.1 Å². The van der Waals surface area contributed by atoms with Gasteiger partial charge in [0.25, 0.3) is 0 Å². The minimum atomic E-state index is -0.686. The molecule has 2 aromatic carbocycles. The van der Waals surface area contributed by atoms with Gasteiger partial charge >= 0.3 is 5.97 Å². The minimum Gasteiger partial charge on any atom is -0.460 e. The number of amides is 1. The zero-order valence-electron chi connectivity index (χ0n) is 16.1. The van der Waals surface area contributed by atoms with Crippen LogP contribution in [0.15, 0.2) is 72.8 Å². The number of carbonyl (C=O) groups is 2. The number of hydrogen-bond acceptors (Lipinski definition) is 4. The maximum absolute atomic E-state index is 13.2. The molecule has 2 aromatic rings. The van der Waals surface area contributed by atoms with Crippen LogP contribution in [0.5, 0.6) is 0 Å². The fraction of sp³-hybridized carbons (Fsp3) is 0.333. The minimum absolute atomic E-state index is 0.00515. The Bertz CT molecular complexity index is 942. The van der Waals surface area contributed by atoms with Crippen molar-refractivity contribution in [2.75, 3.05) is 13.1 Å². The lowest BCUT2D eigenvalue weighted by atomic mass is 9.77. The van der Waals surface area contributed by atoms with E-state index in [0.29, 0.717) is 13.1 Å². The van der Waals surface area contributed by atoms with Gasteiger partial charge in [0, 0.05) is 6.54 Å². The number of esters is 1. The average Bonchev–Trinajstić information content (AvgIpc) is 3.40. The Morgan fingerprint density at radius 3 is 2.48 bits per heavy atom. The summed E-state index contributed by atoms with van der Waals surface area (Å²) in [6.45, 7) is 1.33. The second-order valence-corrected chi connectivity index (χ2v) is 7.99. The van der Waals surface area contributed by atoms with Crippen LogP contribution < -0.4 is 0 Å². The standard InChI is InChI=1S/C24H23NO4/c26-22-21-20(23(27)28-15-18-9-5-2-6-10-18)19-11-13-24(21,29-19)16-25(22)14-12-17-7-3-1-4-8-17/h1-11,13,19-21H,12,14-16H2/t19-,20+,21+,24-/m1/s1. The Morgan fingerprint density at radius 2 is 1.76 bits per heavy atom. The number of carbonyl (C=O) groups excluding carboxylic acids is 2. The molecule has 0 radical (unpaired) electrons. The first kappa shape index (κ1) is 18.1. The van der Waals surface area contributed by atoms with Gasteiger partial charge in [-0.05, 0) is 17.5 Å². The van der Waals surface area contributed by atoms with Crippen LogP contribution >= 0.6 is 0 Å². The molecule has 5 heteroatoms. The molecule has 0 N–H and O–H groups in total. The fourth-order valence-corrected chi connectivity index (χ4v) is 4.77. The van der Waals surface area contributed by atoms with Gasteiger partial charge in [0.2, 0.25) is 5.91 Å². The van der Waals surface area contributed by atoms with E-state index in [-0.39, 0.29) is 24.6 Å². The van der Waals surface area contributed by atoms with Crippen LogP contribution in [0.2, 0.25) is 0 Å². The molecule has 2 fully saturated rings. The van der Waals surface area contributed by atoms with E-state index in [2.05, 4.69) is 12.1 Å². The molecule has 0 aliphatic carbocycles. The third-order valence-electron chi connectivity index (χ3n) is 6.19. The molecular weight excluding hydrogens is 366 g/mol. The highest BCUT2D eigenvalue weighted by atomic mass is 16.6. The molecule has 2 saturated heterocycles. The molecule has 1 amide bonds. The van der Waals surface area contributed by atoms with Gasteiger partial charge in [0.15, 0.2) is 0 Å². The predicted octanol–water partition coefficient (Wildman–Crippen LogP) is 2.75. The van der Waals surface area contributed by atoms with Crippen molar-refractivity contribution in [1.82, 2.24) is 4.90 Å². The van der Waals surface area contributed by atoms with Crippen molar-refractivity contribution in [2.24, 2.45) is 11.8 Å². The summed E-state index contributed by atoms with van der Waals surface area (Å²) >= 11 is 0. The van der Waals surface area contributed by atoms with Crippen molar-refractivity contribution in [3.63, 3.8) is 0 Å². The van der Waals surface area contributed by atoms with E-state index in [1.807, 2.05) is 65.6 Å². The second kappa shape index (κ2) is 7.16. The molecule has 148 valence electrons.